The predicted octanol–water partition coefficient (Wildman–Crippen LogP) is 2.22. The normalized spacial score (nSPS) is 16.5. The molecule has 3 atom stereocenters. The topological polar surface area (TPSA) is 70.3 Å². The number of benzene rings is 1. The van der Waals surface area contributed by atoms with Crippen LogP contribution in [0.15, 0.2) is 66.8 Å². The van der Waals surface area contributed by atoms with Gasteiger partial charge in [-0.05, 0) is 24.6 Å². The molecule has 4 heteroatoms. The molecule has 0 radical (unpaired) electrons. The molecule has 22 heavy (non-hydrogen) atoms. The number of allylic oxidation sites excluding steroid dienone is 3. The lowest BCUT2D eigenvalue weighted by Crippen LogP contribution is -2.51. The van der Waals surface area contributed by atoms with Crippen LogP contribution in [0.25, 0.3) is 0 Å². The number of aliphatic hydroxyl groups is 1. The molecule has 0 saturated heterocycles. The van der Waals surface area contributed by atoms with Crippen LogP contribution in [-0.4, -0.2) is 23.9 Å². The fourth-order valence-corrected chi connectivity index (χ4v) is 2.26. The van der Waals surface area contributed by atoms with Crippen molar-refractivity contribution in [3.63, 3.8) is 0 Å². The molecule has 3 unspecified atom stereocenters. The lowest BCUT2D eigenvalue weighted by Gasteiger charge is -2.28. The van der Waals surface area contributed by atoms with Crippen LogP contribution in [0, 0.1) is 0 Å². The Morgan fingerprint density at radius 2 is 2.05 bits per heavy atom. The van der Waals surface area contributed by atoms with Crippen LogP contribution in [0.2, 0.25) is 0 Å². The molecule has 0 amide bonds. The Balaban J connectivity index is 2.86. The van der Waals surface area contributed by atoms with E-state index in [9.17, 15) is 5.11 Å². The molecule has 0 bridgehead atoms. The minimum Gasteiger partial charge on any atom is -0.377 e. The van der Waals surface area contributed by atoms with Crippen LogP contribution in [0.4, 0.5) is 0 Å². The quantitative estimate of drug-likeness (QED) is 0.417. The van der Waals surface area contributed by atoms with Gasteiger partial charge in [-0.2, -0.15) is 0 Å². The third-order valence-electron chi connectivity index (χ3n) is 3.28. The lowest BCUT2D eigenvalue weighted by atomic mass is 10.0. The maximum absolute atomic E-state index is 10.5. The highest BCUT2D eigenvalue weighted by Gasteiger charge is 2.22. The van der Waals surface area contributed by atoms with Crippen molar-refractivity contribution >= 4 is 0 Å². The zero-order valence-corrected chi connectivity index (χ0v) is 13.4. The van der Waals surface area contributed by atoms with E-state index >= 15 is 0 Å². The Labute approximate surface area is 133 Å². The number of aliphatic hydroxyl groups excluding tert-OH is 1. The van der Waals surface area contributed by atoms with Crippen molar-refractivity contribution in [2.45, 2.75) is 32.3 Å². The summed E-state index contributed by atoms with van der Waals surface area (Å²) in [7, 11) is 0. The average molecular weight is 301 g/mol. The standard InChI is InChI=1S/C18H27N3O/c1-4-10-14(11-5-2)16(20-6-3)18(22)21-17(19)15-12-8-7-9-13-15/h4-5,7-13,16-18,20-22H,1,6,19H2,2-3H3/b11-5-,14-10+. The van der Waals surface area contributed by atoms with Gasteiger partial charge in [0, 0.05) is 0 Å². The second kappa shape index (κ2) is 10.1. The van der Waals surface area contributed by atoms with Crippen LogP contribution < -0.4 is 16.4 Å². The molecule has 1 rings (SSSR count). The van der Waals surface area contributed by atoms with Gasteiger partial charge in [0.05, 0.1) is 12.2 Å². The van der Waals surface area contributed by atoms with Crippen molar-refractivity contribution in [1.29, 1.82) is 0 Å². The Morgan fingerprint density at radius 3 is 2.59 bits per heavy atom. The van der Waals surface area contributed by atoms with Crippen LogP contribution >= 0.6 is 0 Å². The number of likely N-dealkylation sites (N-methyl/N-ethyl adjacent to an activating group) is 1. The maximum atomic E-state index is 10.5. The summed E-state index contributed by atoms with van der Waals surface area (Å²) in [5.74, 6) is 0. The molecule has 0 spiro atoms. The summed E-state index contributed by atoms with van der Waals surface area (Å²) < 4.78 is 0. The summed E-state index contributed by atoms with van der Waals surface area (Å²) in [4.78, 5) is 0. The summed E-state index contributed by atoms with van der Waals surface area (Å²) in [5.41, 5.74) is 7.99. The van der Waals surface area contributed by atoms with E-state index in [4.69, 9.17) is 5.73 Å². The Hall–Kier alpha value is -1.72. The maximum Gasteiger partial charge on any atom is 0.126 e. The van der Waals surface area contributed by atoms with Gasteiger partial charge in [0.25, 0.3) is 0 Å². The summed E-state index contributed by atoms with van der Waals surface area (Å²) in [5, 5.41) is 16.8. The highest BCUT2D eigenvalue weighted by atomic mass is 16.3. The van der Waals surface area contributed by atoms with Crippen LogP contribution in [0.3, 0.4) is 0 Å². The van der Waals surface area contributed by atoms with E-state index in [1.807, 2.05) is 62.4 Å². The Bertz CT molecular complexity index is 496. The van der Waals surface area contributed by atoms with Gasteiger partial charge in [0.15, 0.2) is 0 Å². The van der Waals surface area contributed by atoms with E-state index in [0.717, 1.165) is 17.7 Å². The number of nitrogens with two attached hydrogens (primary N) is 1. The molecule has 0 fully saturated rings. The first kappa shape index (κ1) is 18.3. The molecular weight excluding hydrogens is 274 g/mol. The molecule has 1 aromatic carbocycles. The van der Waals surface area contributed by atoms with Crippen molar-refractivity contribution in [3.8, 4) is 0 Å². The summed E-state index contributed by atoms with van der Waals surface area (Å²) in [6, 6.07) is 9.37. The minimum atomic E-state index is -0.822. The van der Waals surface area contributed by atoms with Crippen molar-refractivity contribution in [3.05, 3.63) is 72.4 Å². The molecule has 120 valence electrons. The monoisotopic (exact) mass is 301 g/mol. The molecule has 0 aliphatic carbocycles. The van der Waals surface area contributed by atoms with Crippen molar-refractivity contribution in [1.82, 2.24) is 10.6 Å². The zero-order chi connectivity index (χ0) is 16.4. The molecular formula is C18H27N3O. The number of nitrogens with one attached hydrogen (secondary N) is 2. The van der Waals surface area contributed by atoms with Gasteiger partial charge in [0.2, 0.25) is 0 Å². The number of rotatable bonds is 9. The fraction of sp³-hybridized carbons (Fsp3) is 0.333. The smallest absolute Gasteiger partial charge is 0.126 e. The van der Waals surface area contributed by atoms with Crippen molar-refractivity contribution in [2.75, 3.05) is 6.54 Å². The average Bonchev–Trinajstić information content (AvgIpc) is 2.53. The van der Waals surface area contributed by atoms with Crippen molar-refractivity contribution in [2.24, 2.45) is 5.73 Å². The van der Waals surface area contributed by atoms with Crippen LogP contribution in [0.5, 0.6) is 0 Å². The van der Waals surface area contributed by atoms with E-state index in [2.05, 4.69) is 17.2 Å². The van der Waals surface area contributed by atoms with Gasteiger partial charge in [-0.1, -0.05) is 68.1 Å². The molecule has 0 heterocycles. The van der Waals surface area contributed by atoms with Crippen molar-refractivity contribution < 1.29 is 5.11 Å². The first-order valence-electron chi connectivity index (χ1n) is 7.57. The zero-order valence-electron chi connectivity index (χ0n) is 13.4. The third-order valence-corrected chi connectivity index (χ3v) is 3.28. The molecule has 0 saturated carbocycles. The van der Waals surface area contributed by atoms with E-state index in [0.29, 0.717) is 0 Å². The fourth-order valence-electron chi connectivity index (χ4n) is 2.26. The minimum absolute atomic E-state index is 0.269. The second-order valence-electron chi connectivity index (χ2n) is 4.94. The highest BCUT2D eigenvalue weighted by Crippen LogP contribution is 2.12. The Morgan fingerprint density at radius 1 is 1.36 bits per heavy atom. The van der Waals surface area contributed by atoms with Crippen LogP contribution in [-0.2, 0) is 0 Å². The highest BCUT2D eigenvalue weighted by molar-refractivity contribution is 5.29. The predicted molar refractivity (Wildman–Crippen MR) is 93.1 cm³/mol. The second-order valence-corrected chi connectivity index (χ2v) is 4.94. The first-order valence-corrected chi connectivity index (χ1v) is 7.57. The first-order chi connectivity index (χ1) is 10.6. The molecule has 1 aromatic rings. The number of hydrogen-bond acceptors (Lipinski definition) is 4. The Kier molecular flexibility index (Phi) is 8.40. The SMILES string of the molecule is C=C/C=C(\C=C/C)C(NCC)C(O)NC(N)c1ccccc1. The molecule has 0 aliphatic rings. The largest absolute Gasteiger partial charge is 0.377 e. The van der Waals surface area contributed by atoms with Gasteiger partial charge in [-0.15, -0.1) is 0 Å². The summed E-state index contributed by atoms with van der Waals surface area (Å²) >= 11 is 0. The van der Waals surface area contributed by atoms with E-state index in [1.54, 1.807) is 6.08 Å². The van der Waals surface area contributed by atoms with Gasteiger partial charge in [0.1, 0.15) is 6.23 Å². The lowest BCUT2D eigenvalue weighted by molar-refractivity contribution is 0.0953. The molecule has 4 nitrogen and oxygen atoms in total. The molecule has 5 N–H and O–H groups in total. The number of hydrogen-bond donors (Lipinski definition) is 4. The third kappa shape index (κ3) is 5.58. The van der Waals surface area contributed by atoms with Gasteiger partial charge in [-0.25, -0.2) is 0 Å². The van der Waals surface area contributed by atoms with Gasteiger partial charge >= 0.3 is 0 Å². The van der Waals surface area contributed by atoms with Crippen LogP contribution in [0.1, 0.15) is 25.6 Å². The molecule has 0 aromatic heterocycles. The summed E-state index contributed by atoms with van der Waals surface area (Å²) in [6.45, 7) is 8.40. The van der Waals surface area contributed by atoms with Gasteiger partial charge < -0.3 is 16.2 Å². The van der Waals surface area contributed by atoms with E-state index < -0.39 is 12.4 Å². The molecule has 0 aliphatic heterocycles. The van der Waals surface area contributed by atoms with Gasteiger partial charge in [-0.3, -0.25) is 5.32 Å². The van der Waals surface area contributed by atoms with E-state index in [1.165, 1.54) is 0 Å². The van der Waals surface area contributed by atoms with E-state index in [-0.39, 0.29) is 6.04 Å². The summed E-state index contributed by atoms with van der Waals surface area (Å²) in [6.07, 6.45) is 6.22.